The van der Waals surface area contributed by atoms with E-state index in [1.807, 2.05) is 0 Å². The lowest BCUT2D eigenvalue weighted by molar-refractivity contribution is -0.182. The summed E-state index contributed by atoms with van der Waals surface area (Å²) in [6.07, 6.45) is 22.9. The Balaban J connectivity index is 1.80. The van der Waals surface area contributed by atoms with Crippen LogP contribution in [0.3, 0.4) is 0 Å². The summed E-state index contributed by atoms with van der Waals surface area (Å²) in [4.78, 5) is 0. The highest BCUT2D eigenvalue weighted by atomic mass is 16.6. The molecule has 162 valence electrons. The van der Waals surface area contributed by atoms with Gasteiger partial charge < -0.3 is 15.2 Å². The standard InChI is InChI=1S/C24H49NO2/c1-3-5-6-7-8-9-10-11-12-13-14-15-16-17-18-19-23(26)27-24(4-2)20-21-25-22-24/h23,25-26H,3-22H2,1-2H3. The van der Waals surface area contributed by atoms with Crippen LogP contribution in [0.15, 0.2) is 0 Å². The lowest BCUT2D eigenvalue weighted by atomic mass is 9.99. The molecule has 3 nitrogen and oxygen atoms in total. The maximum absolute atomic E-state index is 10.2. The molecule has 1 fully saturated rings. The Labute approximate surface area is 170 Å². The minimum atomic E-state index is -0.577. The second kappa shape index (κ2) is 16.8. The summed E-state index contributed by atoms with van der Waals surface area (Å²) in [6, 6.07) is 0. The third-order valence-electron chi connectivity index (χ3n) is 6.29. The number of aliphatic hydroxyl groups excluding tert-OH is 1. The van der Waals surface area contributed by atoms with Crippen molar-refractivity contribution in [1.29, 1.82) is 0 Å². The van der Waals surface area contributed by atoms with Crippen molar-refractivity contribution in [1.82, 2.24) is 5.32 Å². The monoisotopic (exact) mass is 383 g/mol. The number of nitrogens with one attached hydrogen (secondary N) is 1. The lowest BCUT2D eigenvalue weighted by Gasteiger charge is -2.30. The first-order chi connectivity index (χ1) is 13.2. The SMILES string of the molecule is CCCCCCCCCCCCCCCCCC(O)OC1(CC)CCNC1. The van der Waals surface area contributed by atoms with Gasteiger partial charge in [-0.2, -0.15) is 0 Å². The van der Waals surface area contributed by atoms with Gasteiger partial charge in [0.2, 0.25) is 0 Å². The van der Waals surface area contributed by atoms with Crippen LogP contribution in [-0.2, 0) is 4.74 Å². The summed E-state index contributed by atoms with van der Waals surface area (Å²) in [6.45, 7) is 6.35. The molecule has 0 spiro atoms. The maximum Gasteiger partial charge on any atom is 0.155 e. The number of unbranched alkanes of at least 4 members (excludes halogenated alkanes) is 14. The zero-order valence-electron chi connectivity index (χ0n) is 18.6. The smallest absolute Gasteiger partial charge is 0.155 e. The fourth-order valence-electron chi connectivity index (χ4n) is 4.24. The molecule has 0 radical (unpaired) electrons. The Bertz CT molecular complexity index is 316. The maximum atomic E-state index is 10.2. The van der Waals surface area contributed by atoms with Crippen molar-refractivity contribution in [3.8, 4) is 0 Å². The Morgan fingerprint density at radius 2 is 1.26 bits per heavy atom. The van der Waals surface area contributed by atoms with Crippen molar-refractivity contribution in [2.75, 3.05) is 13.1 Å². The minimum absolute atomic E-state index is 0.116. The highest BCUT2D eigenvalue weighted by Crippen LogP contribution is 2.26. The molecular weight excluding hydrogens is 334 g/mol. The molecule has 0 aromatic carbocycles. The molecular formula is C24H49NO2. The molecule has 1 aliphatic rings. The Kier molecular flexibility index (Phi) is 15.5. The summed E-state index contributed by atoms with van der Waals surface area (Å²) in [7, 11) is 0. The minimum Gasteiger partial charge on any atom is -0.368 e. The van der Waals surface area contributed by atoms with Gasteiger partial charge in [0.15, 0.2) is 6.29 Å². The van der Waals surface area contributed by atoms with Gasteiger partial charge in [0.1, 0.15) is 0 Å². The largest absolute Gasteiger partial charge is 0.368 e. The molecule has 0 saturated carbocycles. The molecule has 0 aromatic rings. The van der Waals surface area contributed by atoms with Crippen LogP contribution in [0.2, 0.25) is 0 Å². The fourth-order valence-corrected chi connectivity index (χ4v) is 4.24. The van der Waals surface area contributed by atoms with Crippen LogP contribution >= 0.6 is 0 Å². The number of ether oxygens (including phenoxy) is 1. The summed E-state index contributed by atoms with van der Waals surface area (Å²) in [5.74, 6) is 0. The average molecular weight is 384 g/mol. The van der Waals surface area contributed by atoms with Crippen molar-refractivity contribution in [2.45, 2.75) is 141 Å². The van der Waals surface area contributed by atoms with Gasteiger partial charge in [0.05, 0.1) is 5.60 Å². The Morgan fingerprint density at radius 3 is 1.67 bits per heavy atom. The predicted molar refractivity (Wildman–Crippen MR) is 117 cm³/mol. The highest BCUT2D eigenvalue weighted by Gasteiger charge is 2.34. The molecule has 3 heteroatoms. The fraction of sp³-hybridized carbons (Fsp3) is 1.00. The number of hydrogen-bond acceptors (Lipinski definition) is 3. The second-order valence-corrected chi connectivity index (χ2v) is 8.77. The number of hydrogen-bond donors (Lipinski definition) is 2. The molecule has 2 unspecified atom stereocenters. The predicted octanol–water partition coefficient (Wildman–Crippen LogP) is 6.73. The van der Waals surface area contributed by atoms with E-state index in [9.17, 15) is 5.11 Å². The van der Waals surface area contributed by atoms with E-state index >= 15 is 0 Å². The van der Waals surface area contributed by atoms with Gasteiger partial charge in [0, 0.05) is 6.54 Å². The van der Waals surface area contributed by atoms with Gasteiger partial charge >= 0.3 is 0 Å². The number of aliphatic hydroxyl groups is 1. The molecule has 27 heavy (non-hydrogen) atoms. The van der Waals surface area contributed by atoms with E-state index in [1.54, 1.807) is 0 Å². The Morgan fingerprint density at radius 1 is 0.778 bits per heavy atom. The number of rotatable bonds is 19. The first-order valence-electron chi connectivity index (χ1n) is 12.3. The third-order valence-corrected chi connectivity index (χ3v) is 6.29. The van der Waals surface area contributed by atoms with Gasteiger partial charge in [-0.15, -0.1) is 0 Å². The molecule has 2 atom stereocenters. The lowest BCUT2D eigenvalue weighted by Crippen LogP contribution is -2.38. The van der Waals surface area contributed by atoms with Crippen LogP contribution in [0.25, 0.3) is 0 Å². The van der Waals surface area contributed by atoms with E-state index in [1.165, 1.54) is 89.9 Å². The molecule has 2 N–H and O–H groups in total. The van der Waals surface area contributed by atoms with Gasteiger partial charge in [-0.1, -0.05) is 104 Å². The molecule has 1 aliphatic heterocycles. The van der Waals surface area contributed by atoms with Crippen molar-refractivity contribution in [3.63, 3.8) is 0 Å². The first-order valence-corrected chi connectivity index (χ1v) is 12.3. The molecule has 1 saturated heterocycles. The zero-order chi connectivity index (χ0) is 19.6. The van der Waals surface area contributed by atoms with E-state index in [-0.39, 0.29) is 5.60 Å². The molecule has 0 aromatic heterocycles. The van der Waals surface area contributed by atoms with Crippen molar-refractivity contribution < 1.29 is 9.84 Å². The third kappa shape index (κ3) is 12.9. The van der Waals surface area contributed by atoms with Crippen LogP contribution in [0.4, 0.5) is 0 Å². The summed E-state index contributed by atoms with van der Waals surface area (Å²) < 4.78 is 5.96. The average Bonchev–Trinajstić information content (AvgIpc) is 3.13. The van der Waals surface area contributed by atoms with Crippen molar-refractivity contribution in [3.05, 3.63) is 0 Å². The molecule has 0 bridgehead atoms. The second-order valence-electron chi connectivity index (χ2n) is 8.77. The van der Waals surface area contributed by atoms with E-state index in [2.05, 4.69) is 19.2 Å². The molecule has 1 rings (SSSR count). The Hall–Kier alpha value is -0.120. The topological polar surface area (TPSA) is 41.5 Å². The van der Waals surface area contributed by atoms with Crippen LogP contribution in [0.5, 0.6) is 0 Å². The van der Waals surface area contributed by atoms with Crippen LogP contribution < -0.4 is 5.32 Å². The van der Waals surface area contributed by atoms with Gasteiger partial charge in [-0.3, -0.25) is 0 Å². The summed E-state index contributed by atoms with van der Waals surface area (Å²) in [5.41, 5.74) is -0.116. The van der Waals surface area contributed by atoms with E-state index < -0.39 is 6.29 Å². The van der Waals surface area contributed by atoms with Gasteiger partial charge in [0.25, 0.3) is 0 Å². The molecule has 1 heterocycles. The molecule has 0 aliphatic carbocycles. The normalized spacial score (nSPS) is 21.0. The van der Waals surface area contributed by atoms with E-state index in [0.29, 0.717) is 0 Å². The van der Waals surface area contributed by atoms with E-state index in [0.717, 1.165) is 38.8 Å². The van der Waals surface area contributed by atoms with Crippen molar-refractivity contribution in [2.24, 2.45) is 0 Å². The van der Waals surface area contributed by atoms with Crippen LogP contribution in [0, 0.1) is 0 Å². The quantitative estimate of drug-likeness (QED) is 0.192. The molecule has 0 amide bonds. The summed E-state index contributed by atoms with van der Waals surface area (Å²) >= 11 is 0. The zero-order valence-corrected chi connectivity index (χ0v) is 18.6. The highest BCUT2D eigenvalue weighted by molar-refractivity contribution is 4.88. The van der Waals surface area contributed by atoms with Gasteiger partial charge in [-0.25, -0.2) is 0 Å². The van der Waals surface area contributed by atoms with Crippen molar-refractivity contribution >= 4 is 0 Å². The van der Waals surface area contributed by atoms with Crippen LogP contribution in [0.1, 0.15) is 129 Å². The summed E-state index contributed by atoms with van der Waals surface area (Å²) in [5, 5.41) is 13.5. The van der Waals surface area contributed by atoms with Gasteiger partial charge in [-0.05, 0) is 32.2 Å². The van der Waals surface area contributed by atoms with E-state index in [4.69, 9.17) is 4.74 Å². The first kappa shape index (κ1) is 24.9. The van der Waals surface area contributed by atoms with Crippen LogP contribution in [-0.4, -0.2) is 30.1 Å².